The Morgan fingerprint density at radius 1 is 1.42 bits per heavy atom. The fourth-order valence-electron chi connectivity index (χ4n) is 2.39. The van der Waals surface area contributed by atoms with Crippen molar-refractivity contribution in [3.05, 3.63) is 18.2 Å². The lowest BCUT2D eigenvalue weighted by atomic mass is 10.1. The van der Waals surface area contributed by atoms with Crippen molar-refractivity contribution >= 4 is 6.09 Å². The van der Waals surface area contributed by atoms with Crippen molar-refractivity contribution in [2.24, 2.45) is 0 Å². The van der Waals surface area contributed by atoms with Crippen LogP contribution in [-0.4, -0.2) is 33.1 Å². The van der Waals surface area contributed by atoms with Crippen molar-refractivity contribution in [3.8, 4) is 0 Å². The zero-order chi connectivity index (χ0) is 13.9. The largest absolute Gasteiger partial charge is 0.444 e. The monoisotopic (exact) mass is 265 g/mol. The number of ether oxygens (including phenoxy) is 1. The van der Waals surface area contributed by atoms with Gasteiger partial charge in [-0.05, 0) is 33.6 Å². The van der Waals surface area contributed by atoms with Crippen molar-refractivity contribution in [2.75, 3.05) is 6.54 Å². The minimum atomic E-state index is -0.461. The van der Waals surface area contributed by atoms with Crippen molar-refractivity contribution in [2.45, 2.75) is 58.1 Å². The van der Waals surface area contributed by atoms with Gasteiger partial charge in [-0.2, -0.15) is 0 Å². The van der Waals surface area contributed by atoms with E-state index in [-0.39, 0.29) is 12.1 Å². The van der Waals surface area contributed by atoms with Crippen molar-refractivity contribution in [3.63, 3.8) is 0 Å². The number of aromatic nitrogens is 2. The van der Waals surface area contributed by atoms with E-state index in [0.717, 1.165) is 38.1 Å². The van der Waals surface area contributed by atoms with Gasteiger partial charge in [-0.25, -0.2) is 9.78 Å². The molecule has 0 bridgehead atoms. The Morgan fingerprint density at radius 2 is 2.21 bits per heavy atom. The van der Waals surface area contributed by atoms with Crippen molar-refractivity contribution in [1.82, 2.24) is 14.9 Å². The molecule has 1 aromatic heterocycles. The summed E-state index contributed by atoms with van der Waals surface area (Å²) in [5.74, 6) is 0.854. The highest BCUT2D eigenvalue weighted by atomic mass is 16.6. The first-order valence-electron chi connectivity index (χ1n) is 6.96. The molecule has 1 fully saturated rings. The van der Waals surface area contributed by atoms with Crippen LogP contribution in [0.3, 0.4) is 0 Å². The molecule has 5 heteroatoms. The van der Waals surface area contributed by atoms with E-state index >= 15 is 0 Å². The minimum Gasteiger partial charge on any atom is -0.444 e. The summed E-state index contributed by atoms with van der Waals surface area (Å²) >= 11 is 0. The number of hydrogen-bond acceptors (Lipinski definition) is 3. The molecular formula is C14H23N3O2. The number of amides is 1. The SMILES string of the molecule is CC(C)(C)OC(=O)N1CCCCCC1c1ncc[nH]1. The molecule has 1 aliphatic rings. The number of likely N-dealkylation sites (tertiary alicyclic amines) is 1. The van der Waals surface area contributed by atoms with E-state index in [1.54, 1.807) is 12.4 Å². The lowest BCUT2D eigenvalue weighted by Gasteiger charge is -2.31. The number of carbonyl (C=O) groups is 1. The van der Waals surface area contributed by atoms with Crippen LogP contribution in [0.5, 0.6) is 0 Å². The van der Waals surface area contributed by atoms with Gasteiger partial charge in [0.25, 0.3) is 0 Å². The second-order valence-corrected chi connectivity index (χ2v) is 6.01. The molecule has 19 heavy (non-hydrogen) atoms. The number of hydrogen-bond donors (Lipinski definition) is 1. The first-order valence-corrected chi connectivity index (χ1v) is 6.96. The molecule has 0 spiro atoms. The predicted molar refractivity (Wildman–Crippen MR) is 72.7 cm³/mol. The molecule has 1 aliphatic heterocycles. The molecule has 106 valence electrons. The van der Waals surface area contributed by atoms with E-state index in [9.17, 15) is 4.79 Å². The molecule has 2 rings (SSSR count). The Morgan fingerprint density at radius 3 is 2.84 bits per heavy atom. The Balaban J connectivity index is 2.15. The van der Waals surface area contributed by atoms with Gasteiger partial charge >= 0.3 is 6.09 Å². The highest BCUT2D eigenvalue weighted by molar-refractivity contribution is 5.68. The van der Waals surface area contributed by atoms with Crippen LogP contribution in [0.25, 0.3) is 0 Å². The zero-order valence-corrected chi connectivity index (χ0v) is 12.0. The molecule has 1 atom stereocenters. The summed E-state index contributed by atoms with van der Waals surface area (Å²) in [7, 11) is 0. The summed E-state index contributed by atoms with van der Waals surface area (Å²) in [4.78, 5) is 21.6. The molecule has 0 aliphatic carbocycles. The highest BCUT2D eigenvalue weighted by Gasteiger charge is 2.31. The second-order valence-electron chi connectivity index (χ2n) is 6.01. The molecule has 5 nitrogen and oxygen atoms in total. The Bertz CT molecular complexity index is 409. The molecule has 1 saturated heterocycles. The number of H-pyrrole nitrogens is 1. The average Bonchev–Trinajstić information content (AvgIpc) is 2.71. The summed E-state index contributed by atoms with van der Waals surface area (Å²) in [6.07, 6.45) is 7.52. The van der Waals surface area contributed by atoms with E-state index in [4.69, 9.17) is 4.74 Å². The van der Waals surface area contributed by atoms with Gasteiger partial charge in [-0.15, -0.1) is 0 Å². The van der Waals surface area contributed by atoms with E-state index in [1.807, 2.05) is 25.7 Å². The maximum absolute atomic E-state index is 12.3. The van der Waals surface area contributed by atoms with Gasteiger partial charge in [-0.3, -0.25) is 4.90 Å². The summed E-state index contributed by atoms with van der Waals surface area (Å²) < 4.78 is 5.51. The van der Waals surface area contributed by atoms with E-state index in [2.05, 4.69) is 9.97 Å². The number of nitrogens with zero attached hydrogens (tertiary/aromatic N) is 2. The van der Waals surface area contributed by atoms with Gasteiger partial charge in [0.15, 0.2) is 0 Å². The molecule has 1 amide bonds. The van der Waals surface area contributed by atoms with Crippen molar-refractivity contribution < 1.29 is 9.53 Å². The zero-order valence-electron chi connectivity index (χ0n) is 12.0. The van der Waals surface area contributed by atoms with Crippen molar-refractivity contribution in [1.29, 1.82) is 0 Å². The fourth-order valence-corrected chi connectivity index (χ4v) is 2.39. The molecular weight excluding hydrogens is 242 g/mol. The van der Waals surface area contributed by atoms with Gasteiger partial charge in [0.1, 0.15) is 11.4 Å². The number of carbonyl (C=O) groups excluding carboxylic acids is 1. The van der Waals surface area contributed by atoms with Gasteiger partial charge in [-0.1, -0.05) is 12.8 Å². The van der Waals surface area contributed by atoms with Gasteiger partial charge in [0.05, 0.1) is 6.04 Å². The van der Waals surface area contributed by atoms with Crippen LogP contribution < -0.4 is 0 Å². The molecule has 2 heterocycles. The standard InChI is InChI=1S/C14H23N3O2/c1-14(2,3)19-13(18)17-10-6-4-5-7-11(17)12-15-8-9-16-12/h8-9,11H,4-7,10H2,1-3H3,(H,15,16). The van der Waals surface area contributed by atoms with E-state index in [0.29, 0.717) is 0 Å². The average molecular weight is 265 g/mol. The highest BCUT2D eigenvalue weighted by Crippen LogP contribution is 2.29. The first-order chi connectivity index (χ1) is 8.97. The predicted octanol–water partition coefficient (Wildman–Crippen LogP) is 3.26. The molecule has 0 aromatic carbocycles. The maximum Gasteiger partial charge on any atom is 0.410 e. The fraction of sp³-hybridized carbons (Fsp3) is 0.714. The summed E-state index contributed by atoms with van der Waals surface area (Å²) in [5, 5.41) is 0. The quantitative estimate of drug-likeness (QED) is 0.847. The Hall–Kier alpha value is -1.52. The third-order valence-corrected chi connectivity index (χ3v) is 3.22. The van der Waals surface area contributed by atoms with Crippen LogP contribution >= 0.6 is 0 Å². The van der Waals surface area contributed by atoms with E-state index in [1.165, 1.54) is 0 Å². The normalized spacial score (nSPS) is 21.0. The Labute approximate surface area is 114 Å². The van der Waals surface area contributed by atoms with Crippen LogP contribution in [0.1, 0.15) is 58.3 Å². The Kier molecular flexibility index (Phi) is 4.12. The molecule has 1 aromatic rings. The topological polar surface area (TPSA) is 58.2 Å². The van der Waals surface area contributed by atoms with Gasteiger partial charge < -0.3 is 9.72 Å². The number of nitrogens with one attached hydrogen (secondary N) is 1. The minimum absolute atomic E-state index is 0.00681. The number of imidazole rings is 1. The second kappa shape index (κ2) is 5.63. The third kappa shape index (κ3) is 3.72. The van der Waals surface area contributed by atoms with Crippen LogP contribution in [0, 0.1) is 0 Å². The lowest BCUT2D eigenvalue weighted by Crippen LogP contribution is -2.39. The molecule has 0 saturated carbocycles. The van der Waals surface area contributed by atoms with Crippen LogP contribution in [0.2, 0.25) is 0 Å². The van der Waals surface area contributed by atoms with Gasteiger partial charge in [0, 0.05) is 18.9 Å². The lowest BCUT2D eigenvalue weighted by molar-refractivity contribution is 0.0155. The summed E-state index contributed by atoms with van der Waals surface area (Å²) in [6.45, 7) is 6.42. The number of aromatic amines is 1. The van der Waals surface area contributed by atoms with Crippen LogP contribution in [0.15, 0.2) is 12.4 Å². The van der Waals surface area contributed by atoms with Gasteiger partial charge in [0.2, 0.25) is 0 Å². The van der Waals surface area contributed by atoms with E-state index < -0.39 is 5.60 Å². The molecule has 0 radical (unpaired) electrons. The van der Waals surface area contributed by atoms with Crippen LogP contribution in [-0.2, 0) is 4.74 Å². The smallest absolute Gasteiger partial charge is 0.410 e. The maximum atomic E-state index is 12.3. The summed E-state index contributed by atoms with van der Waals surface area (Å²) in [5.41, 5.74) is -0.461. The number of rotatable bonds is 1. The van der Waals surface area contributed by atoms with Crippen LogP contribution in [0.4, 0.5) is 4.79 Å². The molecule has 1 unspecified atom stereocenters. The molecule has 1 N–H and O–H groups in total. The third-order valence-electron chi connectivity index (χ3n) is 3.22. The summed E-state index contributed by atoms with van der Waals surface area (Å²) in [6, 6.07) is 0.00681. The first kappa shape index (κ1) is 13.9.